The maximum Gasteiger partial charge on any atom is 0.226 e. The van der Waals surface area contributed by atoms with Gasteiger partial charge in [0.05, 0.1) is 36.3 Å². The Morgan fingerprint density at radius 3 is 2.05 bits per heavy atom. The van der Waals surface area contributed by atoms with Crippen LogP contribution in [0.5, 0.6) is 0 Å². The third-order valence-electron chi connectivity index (χ3n) is 4.82. The molecule has 1 heterocycles. The smallest absolute Gasteiger partial charge is 0.226 e. The highest BCUT2D eigenvalue weighted by molar-refractivity contribution is 7.86. The molecule has 0 atom stereocenters. The molecule has 22 heavy (non-hydrogen) atoms. The normalized spacial score (nSPS) is 29.5. The van der Waals surface area contributed by atoms with Crippen LogP contribution in [-0.4, -0.2) is 55.2 Å². The second-order valence-electron chi connectivity index (χ2n) is 6.84. The Morgan fingerprint density at radius 1 is 1.05 bits per heavy atom. The van der Waals surface area contributed by atoms with Gasteiger partial charge in [0.1, 0.15) is 0 Å². The third kappa shape index (κ3) is 5.52. The highest BCUT2D eigenvalue weighted by Gasteiger charge is 2.34. The Bertz CT molecular complexity index is 462. The molecule has 0 radical (unpaired) electrons. The molecule has 128 valence electrons. The average Bonchev–Trinajstić information content (AvgIpc) is 3.32. The lowest BCUT2D eigenvalue weighted by atomic mass is 9.91. The zero-order chi connectivity index (χ0) is 16.2. The predicted molar refractivity (Wildman–Crippen MR) is 82.1 cm³/mol. The number of carbonyl (C=O) groups excluding carboxylic acids is 1. The molecule has 0 bridgehead atoms. The van der Waals surface area contributed by atoms with Crippen molar-refractivity contribution in [2.45, 2.75) is 50.7 Å². The Labute approximate surface area is 133 Å². The molecule has 1 amide bonds. The number of piperazine rings is 1. The van der Waals surface area contributed by atoms with Gasteiger partial charge < -0.3 is 14.8 Å². The van der Waals surface area contributed by atoms with Crippen LogP contribution in [0.4, 0.5) is 0 Å². The minimum Gasteiger partial charge on any atom is -0.748 e. The van der Waals surface area contributed by atoms with Crippen LogP contribution < -0.4 is 5.32 Å². The van der Waals surface area contributed by atoms with Crippen molar-refractivity contribution in [1.29, 1.82) is 0 Å². The second kappa shape index (κ2) is 7.75. The number of quaternary nitrogens is 1. The SMILES string of the molecule is CC1CCC(S(=O)(=O)[O-])CC1.O=C(C1CC1)N1CC[NH2+]CC1. The average molecular weight is 332 g/mol. The fraction of sp³-hybridized carbons (Fsp3) is 0.933. The van der Waals surface area contributed by atoms with Crippen molar-refractivity contribution in [1.82, 2.24) is 4.90 Å². The number of nitrogens with zero attached hydrogens (tertiary/aromatic N) is 1. The highest BCUT2D eigenvalue weighted by Crippen LogP contribution is 2.30. The van der Waals surface area contributed by atoms with E-state index in [0.717, 1.165) is 51.9 Å². The van der Waals surface area contributed by atoms with Crippen molar-refractivity contribution in [3.63, 3.8) is 0 Å². The topological polar surface area (TPSA) is 94.1 Å². The molecular formula is C15H28N2O4S. The molecular weight excluding hydrogens is 304 g/mol. The molecule has 6 nitrogen and oxygen atoms in total. The van der Waals surface area contributed by atoms with Crippen LogP contribution >= 0.6 is 0 Å². The van der Waals surface area contributed by atoms with Gasteiger partial charge in [0.25, 0.3) is 0 Å². The fourth-order valence-corrected chi connectivity index (χ4v) is 3.93. The Hall–Kier alpha value is -0.660. The lowest BCUT2D eigenvalue weighted by Gasteiger charge is -2.27. The number of hydrogen-bond donors (Lipinski definition) is 1. The summed E-state index contributed by atoms with van der Waals surface area (Å²) in [6.45, 7) is 6.22. The highest BCUT2D eigenvalue weighted by atomic mass is 32.2. The van der Waals surface area contributed by atoms with E-state index < -0.39 is 15.4 Å². The number of rotatable bonds is 2. The van der Waals surface area contributed by atoms with Crippen molar-refractivity contribution in [3.8, 4) is 0 Å². The quantitative estimate of drug-likeness (QED) is 0.715. The van der Waals surface area contributed by atoms with E-state index in [2.05, 4.69) is 12.2 Å². The summed E-state index contributed by atoms with van der Waals surface area (Å²) in [4.78, 5) is 13.5. The van der Waals surface area contributed by atoms with E-state index in [9.17, 15) is 17.8 Å². The molecule has 0 spiro atoms. The van der Waals surface area contributed by atoms with Gasteiger partial charge in [-0.25, -0.2) is 8.42 Å². The molecule has 0 aromatic heterocycles. The van der Waals surface area contributed by atoms with Gasteiger partial charge in [-0.2, -0.15) is 0 Å². The third-order valence-corrected chi connectivity index (χ3v) is 6.10. The van der Waals surface area contributed by atoms with Gasteiger partial charge in [-0.3, -0.25) is 4.79 Å². The van der Waals surface area contributed by atoms with Gasteiger partial charge in [0.15, 0.2) is 0 Å². The lowest BCUT2D eigenvalue weighted by molar-refractivity contribution is -0.662. The van der Waals surface area contributed by atoms with E-state index >= 15 is 0 Å². The first-order chi connectivity index (χ1) is 10.4. The Kier molecular flexibility index (Phi) is 6.23. The van der Waals surface area contributed by atoms with E-state index in [1.165, 1.54) is 0 Å². The van der Waals surface area contributed by atoms with Crippen molar-refractivity contribution in [2.75, 3.05) is 26.2 Å². The van der Waals surface area contributed by atoms with Gasteiger partial charge in [-0.05, 0) is 44.4 Å². The lowest BCUT2D eigenvalue weighted by Crippen LogP contribution is -2.90. The molecule has 7 heteroatoms. The first kappa shape index (κ1) is 17.7. The van der Waals surface area contributed by atoms with Crippen LogP contribution in [0.1, 0.15) is 45.4 Å². The first-order valence-corrected chi connectivity index (χ1v) is 9.90. The molecule has 0 unspecified atom stereocenters. The second-order valence-corrected chi connectivity index (χ2v) is 8.49. The first-order valence-electron chi connectivity index (χ1n) is 8.43. The zero-order valence-corrected chi connectivity index (χ0v) is 14.2. The van der Waals surface area contributed by atoms with E-state index in [4.69, 9.17) is 0 Å². The van der Waals surface area contributed by atoms with E-state index in [0.29, 0.717) is 30.6 Å². The summed E-state index contributed by atoms with van der Waals surface area (Å²) in [6.07, 6.45) is 5.16. The molecule has 2 N–H and O–H groups in total. The Morgan fingerprint density at radius 2 is 1.59 bits per heavy atom. The van der Waals surface area contributed by atoms with Gasteiger partial charge in [0.2, 0.25) is 5.91 Å². The van der Waals surface area contributed by atoms with Crippen LogP contribution in [0.3, 0.4) is 0 Å². The van der Waals surface area contributed by atoms with Crippen LogP contribution in [0.15, 0.2) is 0 Å². The number of carbonyl (C=O) groups is 1. The standard InChI is InChI=1S/C8H14N2O.C7H14O3S/c11-8(7-1-2-7)10-5-3-9-4-6-10;1-6-2-4-7(5-3-6)11(8,9)10/h7,9H,1-6H2;6-7H,2-5H2,1H3,(H,8,9,10). The van der Waals surface area contributed by atoms with Crippen LogP contribution in [0.2, 0.25) is 0 Å². The number of nitrogens with two attached hydrogens (primary N) is 1. The van der Waals surface area contributed by atoms with Crippen molar-refractivity contribution in [3.05, 3.63) is 0 Å². The maximum atomic E-state index is 11.5. The van der Waals surface area contributed by atoms with E-state index in [-0.39, 0.29) is 0 Å². The minimum atomic E-state index is -4.00. The van der Waals surface area contributed by atoms with Crippen LogP contribution in [0, 0.1) is 11.8 Å². The summed E-state index contributed by atoms with van der Waals surface area (Å²) in [5, 5.41) is 1.68. The Balaban J connectivity index is 0.000000160. The fourth-order valence-electron chi connectivity index (χ4n) is 3.08. The summed E-state index contributed by atoms with van der Waals surface area (Å²) in [5.74, 6) is 1.42. The summed E-state index contributed by atoms with van der Waals surface area (Å²) in [7, 11) is -4.00. The molecule has 0 aromatic carbocycles. The number of hydrogen-bond acceptors (Lipinski definition) is 4. The van der Waals surface area contributed by atoms with Gasteiger partial charge in [-0.1, -0.05) is 6.92 Å². The van der Waals surface area contributed by atoms with Gasteiger partial charge in [0, 0.05) is 11.2 Å². The van der Waals surface area contributed by atoms with Crippen LogP contribution in [0.25, 0.3) is 0 Å². The number of amides is 1. The molecule has 2 saturated carbocycles. The maximum absolute atomic E-state index is 11.5. The molecule has 1 aliphatic heterocycles. The molecule has 2 aliphatic carbocycles. The minimum absolute atomic E-state index is 0.410. The van der Waals surface area contributed by atoms with Gasteiger partial charge in [-0.15, -0.1) is 0 Å². The van der Waals surface area contributed by atoms with Crippen LogP contribution in [-0.2, 0) is 14.9 Å². The predicted octanol–water partition coefficient (Wildman–Crippen LogP) is -0.0877. The van der Waals surface area contributed by atoms with Gasteiger partial charge >= 0.3 is 0 Å². The monoisotopic (exact) mass is 332 g/mol. The van der Waals surface area contributed by atoms with Crippen molar-refractivity contribution in [2.24, 2.45) is 11.8 Å². The molecule has 0 aromatic rings. The largest absolute Gasteiger partial charge is 0.748 e. The summed E-state index contributed by atoms with van der Waals surface area (Å²) in [5.41, 5.74) is 0. The zero-order valence-electron chi connectivity index (χ0n) is 13.4. The van der Waals surface area contributed by atoms with Crippen molar-refractivity contribution < 1.29 is 23.1 Å². The molecule has 3 fully saturated rings. The molecule has 1 saturated heterocycles. The molecule has 3 rings (SSSR count). The summed E-state index contributed by atoms with van der Waals surface area (Å²) < 4.78 is 31.6. The van der Waals surface area contributed by atoms with E-state index in [1.54, 1.807) is 0 Å². The van der Waals surface area contributed by atoms with Crippen molar-refractivity contribution >= 4 is 16.0 Å². The molecule has 3 aliphatic rings. The summed E-state index contributed by atoms with van der Waals surface area (Å²) >= 11 is 0. The summed E-state index contributed by atoms with van der Waals surface area (Å²) in [6, 6.07) is 0. The van der Waals surface area contributed by atoms with E-state index in [1.807, 2.05) is 4.90 Å².